The fourth-order valence-corrected chi connectivity index (χ4v) is 2.84. The molecule has 10 heteroatoms. The fraction of sp³-hybridized carbons (Fsp3) is 0.267. The Kier molecular flexibility index (Phi) is 3.55. The molecule has 1 aromatic rings. The third kappa shape index (κ3) is 2.33. The number of nitrogen functional groups attached to an aromatic ring is 1. The molecule has 3 rings (SSSR count). The zero-order valence-corrected chi connectivity index (χ0v) is 12.9. The summed E-state index contributed by atoms with van der Waals surface area (Å²) in [6, 6.07) is 4.02. The number of hydrogen-bond acceptors (Lipinski definition) is 7. The van der Waals surface area contributed by atoms with E-state index in [1.807, 2.05) is 0 Å². The van der Waals surface area contributed by atoms with Crippen molar-refractivity contribution < 1.29 is 33.1 Å². The summed E-state index contributed by atoms with van der Waals surface area (Å²) in [7, 11) is 0. The van der Waals surface area contributed by atoms with Gasteiger partial charge in [0.15, 0.2) is 6.10 Å². The molecule has 4 amide bonds. The summed E-state index contributed by atoms with van der Waals surface area (Å²) in [6.07, 6.45) is -2.66. The Hall–Kier alpha value is -3.30. The van der Waals surface area contributed by atoms with Crippen LogP contribution >= 0.6 is 0 Å². The van der Waals surface area contributed by atoms with Crippen molar-refractivity contribution in [2.24, 2.45) is 0 Å². The number of nitrogens with zero attached hydrogens (tertiary/aromatic N) is 1. The van der Waals surface area contributed by atoms with Gasteiger partial charge in [-0.1, -0.05) is 6.07 Å². The zero-order chi connectivity index (χ0) is 18.5. The van der Waals surface area contributed by atoms with Gasteiger partial charge in [0.25, 0.3) is 29.4 Å². The summed E-state index contributed by atoms with van der Waals surface area (Å²) in [6.45, 7) is 0.992. The number of alkyl halides is 1. The standard InChI is InChI=1S/C15H12FN3O6/c1-6(20)25-9-5-15(16,14(24)18-11(9)21)19-12(22)7-3-2-4-8(17)10(7)13(19)23/h2-4,9H,5,17H2,1H3,(H,18,21,24). The lowest BCUT2D eigenvalue weighted by Crippen LogP contribution is -2.66. The summed E-state index contributed by atoms with van der Waals surface area (Å²) in [4.78, 5) is 59.9. The van der Waals surface area contributed by atoms with Gasteiger partial charge in [-0.05, 0) is 12.1 Å². The van der Waals surface area contributed by atoms with E-state index in [1.54, 1.807) is 5.32 Å². The van der Waals surface area contributed by atoms with Crippen molar-refractivity contribution in [3.8, 4) is 0 Å². The highest BCUT2D eigenvalue weighted by Crippen LogP contribution is 2.37. The van der Waals surface area contributed by atoms with E-state index in [9.17, 15) is 24.0 Å². The normalized spacial score (nSPS) is 25.7. The molecular formula is C15H12FN3O6. The lowest BCUT2D eigenvalue weighted by Gasteiger charge is -2.36. The Morgan fingerprint density at radius 1 is 1.32 bits per heavy atom. The number of piperidine rings is 1. The van der Waals surface area contributed by atoms with Gasteiger partial charge in [-0.25, -0.2) is 9.29 Å². The van der Waals surface area contributed by atoms with Gasteiger partial charge in [0, 0.05) is 12.6 Å². The van der Waals surface area contributed by atoms with Crippen molar-refractivity contribution in [1.29, 1.82) is 0 Å². The van der Waals surface area contributed by atoms with Crippen LogP contribution in [0.25, 0.3) is 0 Å². The molecule has 0 radical (unpaired) electrons. The van der Waals surface area contributed by atoms with Gasteiger partial charge in [-0.3, -0.25) is 29.3 Å². The second-order valence-electron chi connectivity index (χ2n) is 5.60. The van der Waals surface area contributed by atoms with Crippen LogP contribution in [0.5, 0.6) is 0 Å². The molecule has 2 aliphatic rings. The summed E-state index contributed by atoms with van der Waals surface area (Å²) in [5.74, 6) is -8.79. The molecule has 0 aromatic heterocycles. The molecule has 0 aliphatic carbocycles. The Labute approximate surface area is 139 Å². The number of nitrogens with one attached hydrogen (secondary N) is 1. The van der Waals surface area contributed by atoms with E-state index in [1.165, 1.54) is 18.2 Å². The molecule has 9 nitrogen and oxygen atoms in total. The van der Waals surface area contributed by atoms with E-state index in [2.05, 4.69) is 4.74 Å². The van der Waals surface area contributed by atoms with Crippen LogP contribution in [0.4, 0.5) is 10.1 Å². The molecule has 0 spiro atoms. The highest BCUT2D eigenvalue weighted by atomic mass is 19.1. The number of anilines is 1. The number of halogens is 1. The maximum atomic E-state index is 15.4. The highest BCUT2D eigenvalue weighted by molar-refractivity contribution is 6.26. The Morgan fingerprint density at radius 3 is 2.60 bits per heavy atom. The maximum absolute atomic E-state index is 15.4. The number of carbonyl (C=O) groups excluding carboxylic acids is 5. The average molecular weight is 349 g/mol. The lowest BCUT2D eigenvalue weighted by molar-refractivity contribution is -0.170. The van der Waals surface area contributed by atoms with E-state index < -0.39 is 47.9 Å². The summed E-state index contributed by atoms with van der Waals surface area (Å²) >= 11 is 0. The number of fused-ring (bicyclic) bond motifs is 1. The van der Waals surface area contributed by atoms with Crippen molar-refractivity contribution in [2.45, 2.75) is 25.2 Å². The first-order chi connectivity index (χ1) is 11.7. The molecule has 130 valence electrons. The Balaban J connectivity index is 2.03. The van der Waals surface area contributed by atoms with Crippen LogP contribution in [0, 0.1) is 0 Å². The summed E-state index contributed by atoms with van der Waals surface area (Å²) < 4.78 is 20.1. The van der Waals surface area contributed by atoms with Gasteiger partial charge in [0.2, 0.25) is 0 Å². The van der Waals surface area contributed by atoms with Gasteiger partial charge in [0.05, 0.1) is 17.5 Å². The molecule has 2 heterocycles. The number of amides is 4. The first-order valence-corrected chi connectivity index (χ1v) is 7.15. The van der Waals surface area contributed by atoms with E-state index in [4.69, 9.17) is 5.73 Å². The number of nitrogens with two attached hydrogens (primary N) is 1. The van der Waals surface area contributed by atoms with Crippen LogP contribution in [0.3, 0.4) is 0 Å². The van der Waals surface area contributed by atoms with E-state index in [0.717, 1.165) is 6.92 Å². The van der Waals surface area contributed by atoms with Gasteiger partial charge in [-0.2, -0.15) is 0 Å². The van der Waals surface area contributed by atoms with E-state index in [-0.39, 0.29) is 21.7 Å². The predicted octanol–water partition coefficient (Wildman–Crippen LogP) is -0.491. The average Bonchev–Trinajstić information content (AvgIpc) is 2.77. The van der Waals surface area contributed by atoms with Crippen LogP contribution in [-0.4, -0.2) is 46.4 Å². The van der Waals surface area contributed by atoms with Crippen molar-refractivity contribution in [3.05, 3.63) is 29.3 Å². The third-order valence-corrected chi connectivity index (χ3v) is 3.94. The first kappa shape index (κ1) is 16.6. The molecule has 1 fully saturated rings. The van der Waals surface area contributed by atoms with Gasteiger partial charge in [-0.15, -0.1) is 0 Å². The maximum Gasteiger partial charge on any atom is 0.303 e. The van der Waals surface area contributed by atoms with E-state index >= 15 is 4.39 Å². The van der Waals surface area contributed by atoms with Crippen LogP contribution in [0.1, 0.15) is 34.1 Å². The SMILES string of the molecule is CC(=O)OC1CC(F)(N2C(=O)c3cccc(N)c3C2=O)C(=O)NC1=O. The monoisotopic (exact) mass is 349 g/mol. The number of ether oxygens (including phenoxy) is 1. The second kappa shape index (κ2) is 5.36. The van der Waals surface area contributed by atoms with Crippen LogP contribution in [0.2, 0.25) is 0 Å². The minimum absolute atomic E-state index is 0.0502. The summed E-state index contributed by atoms with van der Waals surface area (Å²) in [5.41, 5.74) is 5.23. The summed E-state index contributed by atoms with van der Waals surface area (Å²) in [5, 5.41) is 1.68. The number of carbonyl (C=O) groups is 5. The van der Waals surface area contributed by atoms with Gasteiger partial charge < -0.3 is 10.5 Å². The molecule has 0 bridgehead atoms. The largest absolute Gasteiger partial charge is 0.452 e. The number of rotatable bonds is 2. The quantitative estimate of drug-likeness (QED) is 0.318. The van der Waals surface area contributed by atoms with Crippen LogP contribution in [-0.2, 0) is 19.1 Å². The van der Waals surface area contributed by atoms with Crippen LogP contribution < -0.4 is 11.1 Å². The molecule has 1 aromatic carbocycles. The molecule has 2 aliphatic heterocycles. The Morgan fingerprint density at radius 2 is 2.00 bits per heavy atom. The van der Waals surface area contributed by atoms with Crippen molar-refractivity contribution in [1.82, 2.24) is 10.2 Å². The first-order valence-electron chi connectivity index (χ1n) is 7.15. The Bertz CT molecular complexity index is 854. The van der Waals surface area contributed by atoms with Crippen LogP contribution in [0.15, 0.2) is 18.2 Å². The number of benzene rings is 1. The third-order valence-electron chi connectivity index (χ3n) is 3.94. The molecule has 3 N–H and O–H groups in total. The van der Waals surface area contributed by atoms with Crippen molar-refractivity contribution in [2.75, 3.05) is 5.73 Å². The zero-order valence-electron chi connectivity index (χ0n) is 12.9. The minimum atomic E-state index is -3.20. The number of imide groups is 2. The van der Waals surface area contributed by atoms with Gasteiger partial charge >= 0.3 is 5.97 Å². The molecule has 2 atom stereocenters. The molecular weight excluding hydrogens is 337 g/mol. The molecule has 0 saturated carbocycles. The van der Waals surface area contributed by atoms with Crippen molar-refractivity contribution in [3.63, 3.8) is 0 Å². The molecule has 2 unspecified atom stereocenters. The highest BCUT2D eigenvalue weighted by Gasteiger charge is 2.60. The second-order valence-corrected chi connectivity index (χ2v) is 5.60. The molecule has 1 saturated heterocycles. The lowest BCUT2D eigenvalue weighted by atomic mass is 9.98. The molecule has 25 heavy (non-hydrogen) atoms. The number of esters is 1. The predicted molar refractivity (Wildman–Crippen MR) is 78.5 cm³/mol. The van der Waals surface area contributed by atoms with Gasteiger partial charge in [0.1, 0.15) is 0 Å². The smallest absolute Gasteiger partial charge is 0.303 e. The van der Waals surface area contributed by atoms with E-state index in [0.29, 0.717) is 0 Å². The van der Waals surface area contributed by atoms with Crippen molar-refractivity contribution >= 4 is 35.3 Å². The number of hydrogen-bond donors (Lipinski definition) is 2. The fourth-order valence-electron chi connectivity index (χ4n) is 2.84. The topological polar surface area (TPSA) is 136 Å². The minimum Gasteiger partial charge on any atom is -0.452 e.